The second-order valence-electron chi connectivity index (χ2n) is 7.79. The number of sulfone groups is 1. The van der Waals surface area contributed by atoms with Crippen molar-refractivity contribution in [2.24, 2.45) is 0 Å². The van der Waals surface area contributed by atoms with E-state index in [1.807, 2.05) is 44.2 Å². The van der Waals surface area contributed by atoms with Gasteiger partial charge in [-0.3, -0.25) is 4.79 Å². The summed E-state index contributed by atoms with van der Waals surface area (Å²) in [6, 6.07) is 9.62. The average molecular weight is 428 g/mol. The first-order valence-corrected chi connectivity index (χ1v) is 11.8. The molecule has 4 rings (SSSR count). The number of methoxy groups -OCH3 is 1. The number of rotatable bonds is 5. The summed E-state index contributed by atoms with van der Waals surface area (Å²) in [5, 5.41) is 5.77. The number of benzene rings is 1. The Hall–Kier alpha value is -2.74. The van der Waals surface area contributed by atoms with Crippen LogP contribution in [0.25, 0.3) is 22.3 Å². The van der Waals surface area contributed by atoms with Gasteiger partial charge in [0.1, 0.15) is 5.69 Å². The number of esters is 1. The zero-order valence-electron chi connectivity index (χ0n) is 17.4. The topological polar surface area (TPSA) is 91.2 Å². The maximum absolute atomic E-state index is 12.1. The molecule has 0 N–H and O–H groups in total. The molecule has 158 valence electrons. The minimum absolute atomic E-state index is 0.0852. The van der Waals surface area contributed by atoms with Crippen LogP contribution in [0.3, 0.4) is 0 Å². The molecule has 8 heteroatoms. The van der Waals surface area contributed by atoms with E-state index in [9.17, 15) is 13.2 Å². The fourth-order valence-corrected chi connectivity index (χ4v) is 5.94. The number of carbonyl (C=O) groups is 1. The number of ether oxygens (including phenoxy) is 1. The second-order valence-corrected chi connectivity index (χ2v) is 10.0. The highest BCUT2D eigenvalue weighted by Crippen LogP contribution is 2.36. The number of fused-ring (bicyclic) bond motifs is 1. The van der Waals surface area contributed by atoms with Gasteiger partial charge in [-0.15, -0.1) is 0 Å². The summed E-state index contributed by atoms with van der Waals surface area (Å²) in [6.45, 7) is 3.94. The predicted octanol–water partition coefficient (Wildman–Crippen LogP) is 3.18. The SMILES string of the molecule is COC(=O)CCc1c(C)nc2c(c(-c3ccccc3)nn2[C@H]2CCS(=O)(=O)C2)c1C. The molecule has 1 fully saturated rings. The standard InChI is InChI=1S/C22H25N3O4S/c1-14-18(9-10-19(26)29-3)15(2)23-22-20(14)21(16-7-5-4-6-8-16)24-25(22)17-11-12-30(27,28)13-17/h4-8,17H,9-13H2,1-3H3/t17-/m0/s1. The third kappa shape index (κ3) is 3.71. The predicted molar refractivity (Wildman–Crippen MR) is 115 cm³/mol. The van der Waals surface area contributed by atoms with Gasteiger partial charge in [0.05, 0.1) is 30.0 Å². The summed E-state index contributed by atoms with van der Waals surface area (Å²) in [4.78, 5) is 16.5. The lowest BCUT2D eigenvalue weighted by Gasteiger charge is -2.13. The lowest BCUT2D eigenvalue weighted by molar-refractivity contribution is -0.140. The van der Waals surface area contributed by atoms with Crippen LogP contribution in [0.2, 0.25) is 0 Å². The van der Waals surface area contributed by atoms with Crippen LogP contribution in [0.1, 0.15) is 35.7 Å². The van der Waals surface area contributed by atoms with E-state index in [0.29, 0.717) is 18.5 Å². The van der Waals surface area contributed by atoms with E-state index in [-0.39, 0.29) is 29.9 Å². The normalized spacial score (nSPS) is 18.0. The third-order valence-corrected chi connectivity index (χ3v) is 7.58. The Kier molecular flexibility index (Phi) is 5.36. The van der Waals surface area contributed by atoms with Gasteiger partial charge in [0.25, 0.3) is 0 Å². The fraction of sp³-hybridized carbons (Fsp3) is 0.409. The van der Waals surface area contributed by atoms with Crippen molar-refractivity contribution in [1.82, 2.24) is 14.8 Å². The van der Waals surface area contributed by atoms with Crippen LogP contribution >= 0.6 is 0 Å². The van der Waals surface area contributed by atoms with Crippen LogP contribution < -0.4 is 0 Å². The minimum atomic E-state index is -3.06. The van der Waals surface area contributed by atoms with E-state index in [1.165, 1.54) is 7.11 Å². The van der Waals surface area contributed by atoms with Crippen molar-refractivity contribution in [3.05, 3.63) is 47.2 Å². The molecule has 2 aromatic heterocycles. The number of hydrogen-bond acceptors (Lipinski definition) is 6. The lowest BCUT2D eigenvalue weighted by atomic mass is 9.97. The van der Waals surface area contributed by atoms with Crippen molar-refractivity contribution < 1.29 is 17.9 Å². The summed E-state index contributed by atoms with van der Waals surface area (Å²) in [6.07, 6.45) is 1.35. The summed E-state index contributed by atoms with van der Waals surface area (Å²) in [5.41, 5.74) is 5.29. The van der Waals surface area contributed by atoms with E-state index < -0.39 is 9.84 Å². The Bertz CT molecular complexity index is 1220. The molecule has 30 heavy (non-hydrogen) atoms. The van der Waals surface area contributed by atoms with E-state index in [1.54, 1.807) is 4.68 Å². The Balaban J connectivity index is 1.91. The molecular weight excluding hydrogens is 402 g/mol. The van der Waals surface area contributed by atoms with Crippen molar-refractivity contribution >= 4 is 26.8 Å². The van der Waals surface area contributed by atoms with Crippen LogP contribution in [0.5, 0.6) is 0 Å². The maximum Gasteiger partial charge on any atom is 0.305 e. The highest BCUT2D eigenvalue weighted by Gasteiger charge is 2.32. The second kappa shape index (κ2) is 7.83. The number of carbonyl (C=O) groups excluding carboxylic acids is 1. The number of hydrogen-bond donors (Lipinski definition) is 0. The van der Waals surface area contributed by atoms with Crippen LogP contribution in [0, 0.1) is 13.8 Å². The van der Waals surface area contributed by atoms with Gasteiger partial charge in [0, 0.05) is 17.7 Å². The zero-order valence-corrected chi connectivity index (χ0v) is 18.2. The monoisotopic (exact) mass is 427 g/mol. The molecule has 3 heterocycles. The molecule has 0 radical (unpaired) electrons. The van der Waals surface area contributed by atoms with Crippen molar-refractivity contribution in [3.63, 3.8) is 0 Å². The van der Waals surface area contributed by atoms with Crippen LogP contribution in [0.4, 0.5) is 0 Å². The molecule has 1 aliphatic rings. The molecule has 0 saturated carbocycles. The fourth-order valence-electron chi connectivity index (χ4n) is 4.25. The summed E-state index contributed by atoms with van der Waals surface area (Å²) in [5.74, 6) is 0.000508. The van der Waals surface area contributed by atoms with Crippen molar-refractivity contribution in [1.29, 1.82) is 0 Å². The van der Waals surface area contributed by atoms with E-state index in [0.717, 1.165) is 33.5 Å². The van der Waals surface area contributed by atoms with Gasteiger partial charge in [-0.2, -0.15) is 5.10 Å². The quantitative estimate of drug-likeness (QED) is 0.581. The van der Waals surface area contributed by atoms with Gasteiger partial charge < -0.3 is 4.74 Å². The van der Waals surface area contributed by atoms with Gasteiger partial charge in [-0.05, 0) is 37.8 Å². The highest BCUT2D eigenvalue weighted by atomic mass is 32.2. The maximum atomic E-state index is 12.1. The van der Waals surface area contributed by atoms with E-state index >= 15 is 0 Å². The Morgan fingerprint density at radius 2 is 1.97 bits per heavy atom. The Morgan fingerprint density at radius 3 is 2.60 bits per heavy atom. The number of nitrogens with zero attached hydrogens (tertiary/aromatic N) is 3. The lowest BCUT2D eigenvalue weighted by Crippen LogP contribution is -2.13. The van der Waals surface area contributed by atoms with E-state index in [4.69, 9.17) is 14.8 Å². The molecule has 0 amide bonds. The zero-order chi connectivity index (χ0) is 21.5. The van der Waals surface area contributed by atoms with Gasteiger partial charge in [0.15, 0.2) is 15.5 Å². The Morgan fingerprint density at radius 1 is 1.23 bits per heavy atom. The molecule has 0 aliphatic carbocycles. The first kappa shape index (κ1) is 20.5. The van der Waals surface area contributed by atoms with Crippen molar-refractivity contribution in [2.75, 3.05) is 18.6 Å². The molecule has 1 saturated heterocycles. The molecule has 0 bridgehead atoms. The molecular formula is C22H25N3O4S. The smallest absolute Gasteiger partial charge is 0.305 e. The Labute approximate surface area is 176 Å². The van der Waals surface area contributed by atoms with Crippen molar-refractivity contribution in [3.8, 4) is 11.3 Å². The number of aryl methyl sites for hydroxylation is 2. The largest absolute Gasteiger partial charge is 0.469 e. The summed E-state index contributed by atoms with van der Waals surface area (Å²) < 4.78 is 30.8. The minimum Gasteiger partial charge on any atom is -0.469 e. The van der Waals surface area contributed by atoms with E-state index in [2.05, 4.69) is 0 Å². The molecule has 0 unspecified atom stereocenters. The van der Waals surface area contributed by atoms with Crippen LogP contribution in [-0.2, 0) is 25.8 Å². The molecule has 1 atom stereocenters. The molecule has 1 aromatic carbocycles. The van der Waals surface area contributed by atoms with Gasteiger partial charge in [-0.25, -0.2) is 18.1 Å². The van der Waals surface area contributed by atoms with Gasteiger partial charge in [0.2, 0.25) is 0 Å². The van der Waals surface area contributed by atoms with Crippen LogP contribution in [-0.4, -0.2) is 47.8 Å². The highest BCUT2D eigenvalue weighted by molar-refractivity contribution is 7.91. The third-order valence-electron chi connectivity index (χ3n) is 5.83. The molecule has 7 nitrogen and oxygen atoms in total. The summed E-state index contributed by atoms with van der Waals surface area (Å²) in [7, 11) is -1.67. The molecule has 1 aliphatic heterocycles. The number of aromatic nitrogens is 3. The van der Waals surface area contributed by atoms with Gasteiger partial charge in [-0.1, -0.05) is 30.3 Å². The average Bonchev–Trinajstić information content (AvgIpc) is 3.28. The summed E-state index contributed by atoms with van der Waals surface area (Å²) >= 11 is 0. The first-order chi connectivity index (χ1) is 14.3. The number of pyridine rings is 1. The molecule has 0 spiro atoms. The molecule has 3 aromatic rings. The first-order valence-electron chi connectivity index (χ1n) is 10.0. The van der Waals surface area contributed by atoms with Gasteiger partial charge >= 0.3 is 5.97 Å². The van der Waals surface area contributed by atoms with Crippen LogP contribution in [0.15, 0.2) is 30.3 Å². The van der Waals surface area contributed by atoms with Crippen molar-refractivity contribution in [2.45, 2.75) is 39.2 Å².